The number of rotatable bonds is 3. The van der Waals surface area contributed by atoms with Gasteiger partial charge >= 0.3 is 0 Å². The molecule has 0 aliphatic carbocycles. The third-order valence-corrected chi connectivity index (χ3v) is 0.767. The molecule has 0 saturated heterocycles. The molecule has 9 heavy (non-hydrogen) atoms. The molecule has 0 heterocycles. The molecule has 0 bridgehead atoms. The van der Waals surface area contributed by atoms with E-state index in [-0.39, 0.29) is 6.42 Å². The summed E-state index contributed by atoms with van der Waals surface area (Å²) in [5.41, 5.74) is 4.53. The Morgan fingerprint density at radius 3 is 2.78 bits per heavy atom. The van der Waals surface area contributed by atoms with Crippen LogP contribution < -0.4 is 5.73 Å². The van der Waals surface area contributed by atoms with E-state index >= 15 is 0 Å². The van der Waals surface area contributed by atoms with Crippen molar-refractivity contribution >= 4 is 23.5 Å². The van der Waals surface area contributed by atoms with Gasteiger partial charge in [0.15, 0.2) is 5.83 Å². The number of allylic oxidation sites excluding steroid dienone is 1. The summed E-state index contributed by atoms with van der Waals surface area (Å²) in [4.78, 5) is 9.92. The largest absolute Gasteiger partial charge is 0.364 e. The summed E-state index contributed by atoms with van der Waals surface area (Å²) in [6.45, 7) is 0. The first kappa shape index (κ1) is 8.23. The monoisotopic (exact) mass is 146 g/mol. The molecular formula is C5H5FNOS. The van der Waals surface area contributed by atoms with E-state index < -0.39 is 11.7 Å². The Morgan fingerprint density at radius 1 is 1.89 bits per heavy atom. The molecule has 0 aliphatic heterocycles. The van der Waals surface area contributed by atoms with E-state index in [9.17, 15) is 9.18 Å². The van der Waals surface area contributed by atoms with Gasteiger partial charge in [-0.05, 0) is 6.08 Å². The lowest BCUT2D eigenvalue weighted by molar-refractivity contribution is -0.115. The molecule has 0 atom stereocenters. The summed E-state index contributed by atoms with van der Waals surface area (Å²) < 4.78 is 12.0. The highest BCUT2D eigenvalue weighted by Crippen LogP contribution is 1.94. The van der Waals surface area contributed by atoms with Crippen molar-refractivity contribution in [3.63, 3.8) is 0 Å². The van der Waals surface area contributed by atoms with E-state index in [1.54, 1.807) is 0 Å². The number of nitrogens with two attached hydrogens (primary N) is 1. The Bertz CT molecular complexity index is 155. The molecule has 1 amide bonds. The molecule has 0 aromatic carbocycles. The standard InChI is InChI=1S/C5H5FNOS/c6-4(5(7)8)2-1-3-9/h2H,1H2,(H2,7,8). The lowest BCUT2D eigenvalue weighted by Crippen LogP contribution is -2.10. The van der Waals surface area contributed by atoms with Gasteiger partial charge in [0, 0.05) is 11.8 Å². The molecule has 0 saturated carbocycles. The third-order valence-electron chi connectivity index (χ3n) is 0.600. The van der Waals surface area contributed by atoms with Crippen LogP contribution in [-0.2, 0) is 4.79 Å². The lowest BCUT2D eigenvalue weighted by atomic mass is 10.4. The van der Waals surface area contributed by atoms with Crippen molar-refractivity contribution in [2.45, 2.75) is 6.42 Å². The summed E-state index contributed by atoms with van der Waals surface area (Å²) in [5, 5.41) is 2.21. The van der Waals surface area contributed by atoms with E-state index in [0.29, 0.717) is 0 Å². The summed E-state index contributed by atoms with van der Waals surface area (Å²) in [5.74, 6) is -2.03. The Kier molecular flexibility index (Phi) is 3.79. The number of primary amides is 1. The fraction of sp³-hybridized carbons (Fsp3) is 0.200. The maximum atomic E-state index is 12.0. The number of hydrogen-bond acceptors (Lipinski definition) is 2. The normalized spacial score (nSPS) is 11.0. The smallest absolute Gasteiger partial charge is 0.277 e. The fourth-order valence-electron chi connectivity index (χ4n) is 0.232. The first-order valence-corrected chi connectivity index (χ1v) is 2.59. The second kappa shape index (κ2) is 4.14. The predicted molar refractivity (Wildman–Crippen MR) is 35.6 cm³/mol. The average Bonchev–Trinajstić information content (AvgIpc) is 1.82. The molecule has 0 aromatic heterocycles. The van der Waals surface area contributed by atoms with E-state index in [1.165, 1.54) is 0 Å². The number of carbonyl (C=O) groups is 1. The zero-order valence-corrected chi connectivity index (χ0v) is 5.37. The van der Waals surface area contributed by atoms with Crippen LogP contribution in [0.4, 0.5) is 4.39 Å². The van der Waals surface area contributed by atoms with E-state index in [1.807, 2.05) is 0 Å². The van der Waals surface area contributed by atoms with Crippen LogP contribution in [0.25, 0.3) is 0 Å². The molecule has 49 valence electrons. The maximum Gasteiger partial charge on any atom is 0.277 e. The van der Waals surface area contributed by atoms with Crippen molar-refractivity contribution in [3.8, 4) is 0 Å². The van der Waals surface area contributed by atoms with Crippen LogP contribution in [0.1, 0.15) is 6.42 Å². The van der Waals surface area contributed by atoms with Gasteiger partial charge in [-0.25, -0.2) is 4.39 Å². The highest BCUT2D eigenvalue weighted by Gasteiger charge is 1.98. The van der Waals surface area contributed by atoms with Crippen LogP contribution >= 0.6 is 12.2 Å². The molecule has 0 aliphatic rings. The van der Waals surface area contributed by atoms with Gasteiger partial charge in [-0.15, -0.1) is 0 Å². The molecule has 1 radical (unpaired) electrons. The van der Waals surface area contributed by atoms with Gasteiger partial charge in [-0.3, -0.25) is 4.79 Å². The second-order valence-corrected chi connectivity index (χ2v) is 1.55. The minimum absolute atomic E-state index is 0.129. The van der Waals surface area contributed by atoms with Crippen LogP contribution in [0, 0.1) is 0 Å². The SMILES string of the molecule is NC(=O)C(F)=CC[C]=S. The van der Waals surface area contributed by atoms with Crippen LogP contribution in [-0.4, -0.2) is 11.3 Å². The highest BCUT2D eigenvalue weighted by molar-refractivity contribution is 7.78. The number of amides is 1. The van der Waals surface area contributed by atoms with Gasteiger partial charge in [0.1, 0.15) is 0 Å². The van der Waals surface area contributed by atoms with Crippen molar-refractivity contribution in [2.24, 2.45) is 5.73 Å². The third kappa shape index (κ3) is 3.78. The molecule has 0 spiro atoms. The molecule has 2 nitrogen and oxygen atoms in total. The van der Waals surface area contributed by atoms with Crippen LogP contribution in [0.2, 0.25) is 0 Å². The molecule has 0 unspecified atom stereocenters. The van der Waals surface area contributed by atoms with Gasteiger partial charge < -0.3 is 5.73 Å². The molecule has 4 heteroatoms. The van der Waals surface area contributed by atoms with Gasteiger partial charge in [0.25, 0.3) is 5.91 Å². The van der Waals surface area contributed by atoms with Gasteiger partial charge in [0.05, 0.1) is 0 Å². The molecule has 0 rings (SSSR count). The molecule has 0 fully saturated rings. The van der Waals surface area contributed by atoms with Crippen molar-refractivity contribution in [1.29, 1.82) is 0 Å². The Hall–Kier alpha value is -0.770. The minimum Gasteiger partial charge on any atom is -0.364 e. The first-order valence-electron chi connectivity index (χ1n) is 2.19. The van der Waals surface area contributed by atoms with E-state index in [0.717, 1.165) is 6.08 Å². The van der Waals surface area contributed by atoms with Crippen molar-refractivity contribution in [2.75, 3.05) is 0 Å². The van der Waals surface area contributed by atoms with Crippen LogP contribution in [0.5, 0.6) is 0 Å². The number of thiocarbonyl (C=S) groups is 1. The number of carbonyl (C=O) groups excluding carboxylic acids is 1. The summed E-state index contributed by atoms with van der Waals surface area (Å²) >= 11 is 4.24. The topological polar surface area (TPSA) is 43.1 Å². The quantitative estimate of drug-likeness (QED) is 0.468. The van der Waals surface area contributed by atoms with E-state index in [2.05, 4.69) is 23.3 Å². The Labute approximate surface area is 57.5 Å². The van der Waals surface area contributed by atoms with Gasteiger partial charge in [0.2, 0.25) is 0 Å². The maximum absolute atomic E-state index is 12.0. The summed E-state index contributed by atoms with van der Waals surface area (Å²) in [6.07, 6.45) is 1.11. The van der Waals surface area contributed by atoms with Crippen molar-refractivity contribution in [3.05, 3.63) is 11.9 Å². The first-order chi connectivity index (χ1) is 4.18. The average molecular weight is 146 g/mol. The zero-order chi connectivity index (χ0) is 7.28. The van der Waals surface area contributed by atoms with Crippen molar-refractivity contribution in [1.82, 2.24) is 0 Å². The summed E-state index contributed by atoms with van der Waals surface area (Å²) in [7, 11) is 0. The van der Waals surface area contributed by atoms with Crippen LogP contribution in [0.15, 0.2) is 11.9 Å². The minimum atomic E-state index is -1.07. The Morgan fingerprint density at radius 2 is 2.44 bits per heavy atom. The van der Waals surface area contributed by atoms with E-state index in [4.69, 9.17) is 0 Å². The second-order valence-electron chi connectivity index (χ2n) is 1.26. The molecule has 2 N–H and O–H groups in total. The van der Waals surface area contributed by atoms with Crippen molar-refractivity contribution < 1.29 is 9.18 Å². The molecule has 0 aromatic rings. The number of hydrogen-bond donors (Lipinski definition) is 1. The zero-order valence-electron chi connectivity index (χ0n) is 4.56. The van der Waals surface area contributed by atoms with Gasteiger partial charge in [-0.1, -0.05) is 12.2 Å². The number of halogens is 1. The fourth-order valence-corrected chi connectivity index (χ4v) is 0.315. The van der Waals surface area contributed by atoms with Gasteiger partial charge in [-0.2, -0.15) is 0 Å². The Balaban J connectivity index is 3.83. The highest BCUT2D eigenvalue weighted by atomic mass is 32.1. The van der Waals surface area contributed by atoms with Crippen LogP contribution in [0.3, 0.4) is 0 Å². The lowest BCUT2D eigenvalue weighted by Gasteiger charge is -1.84. The predicted octanol–water partition coefficient (Wildman–Crippen LogP) is 0.592. The molecular weight excluding hydrogens is 141 g/mol. The summed E-state index contributed by atoms with van der Waals surface area (Å²) in [6, 6.07) is 0.